The molecule has 1 aromatic heterocycles. The van der Waals surface area contributed by atoms with Gasteiger partial charge in [-0.15, -0.1) is 0 Å². The molecule has 0 saturated carbocycles. The zero-order valence-corrected chi connectivity index (χ0v) is 25.7. The molecule has 0 unspecified atom stereocenters. The summed E-state index contributed by atoms with van der Waals surface area (Å²) in [5.74, 6) is 0.310. The predicted octanol–water partition coefficient (Wildman–Crippen LogP) is 1.43. The molecule has 2 aliphatic rings. The maximum atomic E-state index is 13.7. The lowest BCUT2D eigenvalue weighted by Gasteiger charge is -2.35. The van der Waals surface area contributed by atoms with E-state index in [9.17, 15) is 19.2 Å². The van der Waals surface area contributed by atoms with Crippen molar-refractivity contribution in [2.24, 2.45) is 11.8 Å². The first kappa shape index (κ1) is 31.6. The largest absolute Gasteiger partial charge is 0.493 e. The van der Waals surface area contributed by atoms with Crippen LogP contribution in [0.1, 0.15) is 26.7 Å². The van der Waals surface area contributed by atoms with Gasteiger partial charge in [0.1, 0.15) is 18.5 Å². The molecule has 1 aromatic carbocycles. The first-order valence-electron chi connectivity index (χ1n) is 14.7. The summed E-state index contributed by atoms with van der Waals surface area (Å²) < 4.78 is 13.6. The lowest BCUT2D eigenvalue weighted by atomic mass is 9.95. The Labute approximate surface area is 252 Å². The average Bonchev–Trinajstić information content (AvgIpc) is 3.46. The SMILES string of the molecule is COc1ccc2cc1OCCN(C(=O)C1CCN(C(=O)N(C)C)CC1)CC(=O)N[C@H](C(C)C)C(=O)NCCn1ccnc1-2. The van der Waals surface area contributed by atoms with Crippen LogP contribution in [0.2, 0.25) is 0 Å². The van der Waals surface area contributed by atoms with Crippen LogP contribution in [0.4, 0.5) is 4.79 Å². The van der Waals surface area contributed by atoms with E-state index in [1.54, 1.807) is 38.4 Å². The van der Waals surface area contributed by atoms with E-state index in [1.807, 2.05) is 36.7 Å². The maximum Gasteiger partial charge on any atom is 0.319 e. The number of aromatic nitrogens is 2. The third kappa shape index (κ3) is 7.76. The predicted molar refractivity (Wildman–Crippen MR) is 159 cm³/mol. The zero-order valence-electron chi connectivity index (χ0n) is 25.7. The molecule has 4 rings (SSSR count). The highest BCUT2D eigenvalue weighted by Gasteiger charge is 2.32. The lowest BCUT2D eigenvalue weighted by molar-refractivity contribution is -0.141. The van der Waals surface area contributed by atoms with Crippen molar-refractivity contribution in [1.82, 2.24) is 34.9 Å². The third-order valence-corrected chi connectivity index (χ3v) is 7.82. The van der Waals surface area contributed by atoms with Crippen molar-refractivity contribution in [1.29, 1.82) is 0 Å². The van der Waals surface area contributed by atoms with Gasteiger partial charge < -0.3 is 39.4 Å². The lowest BCUT2D eigenvalue weighted by Crippen LogP contribution is -2.54. The summed E-state index contributed by atoms with van der Waals surface area (Å²) >= 11 is 0. The number of hydrogen-bond acceptors (Lipinski definition) is 7. The molecule has 1 fully saturated rings. The number of benzene rings is 1. The normalized spacial score (nSPS) is 19.1. The number of urea groups is 1. The Hall–Kier alpha value is -4.29. The van der Waals surface area contributed by atoms with E-state index < -0.39 is 11.9 Å². The van der Waals surface area contributed by atoms with Crippen molar-refractivity contribution in [3.8, 4) is 22.9 Å². The number of imidazole rings is 1. The fourth-order valence-corrected chi connectivity index (χ4v) is 5.41. The molecule has 0 radical (unpaired) electrons. The zero-order chi connectivity index (χ0) is 31.1. The van der Waals surface area contributed by atoms with Gasteiger partial charge in [0.15, 0.2) is 11.5 Å². The smallest absolute Gasteiger partial charge is 0.319 e. The van der Waals surface area contributed by atoms with Gasteiger partial charge in [-0.3, -0.25) is 14.4 Å². The number of amides is 5. The van der Waals surface area contributed by atoms with Crippen LogP contribution >= 0.6 is 0 Å². The van der Waals surface area contributed by atoms with Crippen molar-refractivity contribution in [2.45, 2.75) is 39.3 Å². The minimum absolute atomic E-state index is 0.0869. The second-order valence-corrected chi connectivity index (χ2v) is 11.4. The molecular weight excluding hydrogens is 554 g/mol. The molecule has 1 atom stereocenters. The van der Waals surface area contributed by atoms with Gasteiger partial charge in [-0.1, -0.05) is 13.8 Å². The fraction of sp³-hybridized carbons (Fsp3) is 0.567. The van der Waals surface area contributed by atoms with Crippen LogP contribution in [0.3, 0.4) is 0 Å². The van der Waals surface area contributed by atoms with Crippen molar-refractivity contribution in [2.75, 3.05) is 60.5 Å². The van der Waals surface area contributed by atoms with Crippen molar-refractivity contribution >= 4 is 23.8 Å². The van der Waals surface area contributed by atoms with Crippen LogP contribution in [-0.2, 0) is 20.9 Å². The summed E-state index contributed by atoms with van der Waals surface area (Å²) in [4.78, 5) is 61.7. The van der Waals surface area contributed by atoms with Gasteiger partial charge in [0.2, 0.25) is 17.7 Å². The Balaban J connectivity index is 1.58. The molecule has 0 aliphatic carbocycles. The molecule has 2 N–H and O–H groups in total. The molecule has 2 aliphatic heterocycles. The molecule has 3 heterocycles. The first-order valence-corrected chi connectivity index (χ1v) is 14.7. The van der Waals surface area contributed by atoms with E-state index in [2.05, 4.69) is 15.6 Å². The second kappa shape index (κ2) is 14.3. The van der Waals surface area contributed by atoms with Crippen LogP contribution in [0.15, 0.2) is 30.6 Å². The summed E-state index contributed by atoms with van der Waals surface area (Å²) in [6.07, 6.45) is 4.53. The molecular formula is C30H43N7O6. The highest BCUT2D eigenvalue weighted by Crippen LogP contribution is 2.32. The van der Waals surface area contributed by atoms with E-state index >= 15 is 0 Å². The molecule has 13 heteroatoms. The second-order valence-electron chi connectivity index (χ2n) is 11.4. The molecule has 1 saturated heterocycles. The van der Waals surface area contributed by atoms with Gasteiger partial charge in [-0.25, -0.2) is 9.78 Å². The number of ether oxygens (including phenoxy) is 2. The minimum atomic E-state index is -0.766. The Kier molecular flexibility index (Phi) is 10.5. The number of rotatable bonds is 3. The van der Waals surface area contributed by atoms with E-state index in [0.29, 0.717) is 56.3 Å². The Bertz CT molecular complexity index is 1300. The number of likely N-dealkylation sites (tertiary alicyclic amines) is 1. The molecule has 2 aromatic rings. The molecule has 13 nitrogen and oxygen atoms in total. The standard InChI is InChI=1S/C30H43N7O6/c1-20(2)26-28(39)32-11-15-35-14-10-31-27(35)22-6-7-23(42-5)24(18-22)43-17-16-37(19-25(38)33-26)29(40)21-8-12-36(13-9-21)30(41)34(3)4/h6-7,10,14,18,20-21,26H,8-9,11-13,15-17,19H2,1-5H3,(H,32,39)(H,33,38)/t26-/m1/s1. The summed E-state index contributed by atoms with van der Waals surface area (Å²) in [6, 6.07) is 4.66. The van der Waals surface area contributed by atoms with E-state index in [0.717, 1.165) is 5.56 Å². The summed E-state index contributed by atoms with van der Waals surface area (Å²) in [5, 5.41) is 5.77. The van der Waals surface area contributed by atoms with Crippen LogP contribution in [0.25, 0.3) is 11.4 Å². The number of nitrogens with one attached hydrogen (secondary N) is 2. The summed E-state index contributed by atoms with van der Waals surface area (Å²) in [5.41, 5.74) is 0.806. The maximum absolute atomic E-state index is 13.7. The third-order valence-electron chi connectivity index (χ3n) is 7.82. The Morgan fingerprint density at radius 1 is 1.09 bits per heavy atom. The van der Waals surface area contributed by atoms with Crippen LogP contribution in [-0.4, -0.2) is 115 Å². The average molecular weight is 598 g/mol. The van der Waals surface area contributed by atoms with Crippen molar-refractivity contribution in [3.05, 3.63) is 30.6 Å². The van der Waals surface area contributed by atoms with Gasteiger partial charge in [0.05, 0.1) is 20.2 Å². The van der Waals surface area contributed by atoms with Crippen molar-refractivity contribution in [3.63, 3.8) is 0 Å². The Morgan fingerprint density at radius 2 is 1.84 bits per heavy atom. The van der Waals surface area contributed by atoms with Crippen LogP contribution in [0, 0.1) is 11.8 Å². The number of carbonyl (C=O) groups excluding carboxylic acids is 4. The Morgan fingerprint density at radius 3 is 2.51 bits per heavy atom. The van der Waals surface area contributed by atoms with Gasteiger partial charge in [0, 0.05) is 64.1 Å². The number of nitrogens with zero attached hydrogens (tertiary/aromatic N) is 5. The van der Waals surface area contributed by atoms with E-state index in [4.69, 9.17) is 9.47 Å². The summed E-state index contributed by atoms with van der Waals surface area (Å²) in [7, 11) is 4.96. The van der Waals surface area contributed by atoms with Gasteiger partial charge >= 0.3 is 6.03 Å². The molecule has 43 heavy (non-hydrogen) atoms. The number of fused-ring (bicyclic) bond motifs is 4. The van der Waals surface area contributed by atoms with Gasteiger partial charge in [-0.05, 0) is 37.0 Å². The number of piperidine rings is 1. The summed E-state index contributed by atoms with van der Waals surface area (Å²) in [6.45, 7) is 5.48. The van der Waals surface area contributed by atoms with E-state index in [-0.39, 0.29) is 49.4 Å². The fourth-order valence-electron chi connectivity index (χ4n) is 5.41. The quantitative estimate of drug-likeness (QED) is 0.546. The minimum Gasteiger partial charge on any atom is -0.493 e. The van der Waals surface area contributed by atoms with Crippen LogP contribution in [0.5, 0.6) is 11.5 Å². The molecule has 2 bridgehead atoms. The van der Waals surface area contributed by atoms with Crippen LogP contribution < -0.4 is 20.1 Å². The first-order chi connectivity index (χ1) is 20.6. The number of methoxy groups -OCH3 is 1. The number of carbonyl (C=O) groups is 4. The highest BCUT2D eigenvalue weighted by molar-refractivity contribution is 5.90. The number of hydrogen-bond donors (Lipinski definition) is 2. The topological polar surface area (TPSA) is 138 Å². The van der Waals surface area contributed by atoms with Gasteiger partial charge in [0.25, 0.3) is 0 Å². The van der Waals surface area contributed by atoms with Crippen molar-refractivity contribution < 1.29 is 28.7 Å². The molecule has 0 spiro atoms. The molecule has 5 amide bonds. The van der Waals surface area contributed by atoms with Gasteiger partial charge in [-0.2, -0.15) is 0 Å². The molecule has 234 valence electrons. The highest BCUT2D eigenvalue weighted by atomic mass is 16.5. The van der Waals surface area contributed by atoms with E-state index in [1.165, 1.54) is 9.80 Å². The monoisotopic (exact) mass is 597 g/mol.